The molecule has 0 unspecified atom stereocenters. The summed E-state index contributed by atoms with van der Waals surface area (Å²) >= 11 is 0. The fourth-order valence-electron chi connectivity index (χ4n) is 1.68. The van der Waals surface area contributed by atoms with Crippen LogP contribution in [0.5, 0.6) is 0 Å². The zero-order valence-electron chi connectivity index (χ0n) is 9.24. The second-order valence-corrected chi connectivity index (χ2v) is 3.78. The largest absolute Gasteiger partial charge is 0.349 e. The van der Waals surface area contributed by atoms with Gasteiger partial charge in [-0.25, -0.2) is 4.52 Å². The average molecular weight is 224 g/mol. The molecule has 0 spiro atoms. The lowest BCUT2D eigenvalue weighted by atomic mass is 10.2. The van der Waals surface area contributed by atoms with E-state index in [0.717, 1.165) is 12.2 Å². The summed E-state index contributed by atoms with van der Waals surface area (Å²) in [6.07, 6.45) is 1.88. The van der Waals surface area contributed by atoms with Gasteiger partial charge in [0.15, 0.2) is 5.65 Å². The molecule has 3 rings (SSSR count). The van der Waals surface area contributed by atoms with Crippen LogP contribution in [0.4, 0.5) is 5.95 Å². The Morgan fingerprint density at radius 3 is 2.65 bits per heavy atom. The van der Waals surface area contributed by atoms with Crippen LogP contribution in [0.25, 0.3) is 5.65 Å². The predicted octanol–water partition coefficient (Wildman–Crippen LogP) is 2.34. The molecule has 2 heterocycles. The average Bonchev–Trinajstić information content (AvgIpc) is 2.80. The molecule has 0 aliphatic heterocycles. The van der Waals surface area contributed by atoms with Gasteiger partial charge in [-0.05, 0) is 17.7 Å². The predicted molar refractivity (Wildman–Crippen MR) is 66.8 cm³/mol. The van der Waals surface area contributed by atoms with Gasteiger partial charge in [-0.2, -0.15) is 4.98 Å². The molecular weight excluding hydrogens is 212 g/mol. The number of anilines is 1. The van der Waals surface area contributed by atoms with Gasteiger partial charge in [0.2, 0.25) is 5.95 Å². The monoisotopic (exact) mass is 224 g/mol. The van der Waals surface area contributed by atoms with Crippen molar-refractivity contribution in [3.63, 3.8) is 0 Å². The standard InChI is InChI=1S/C13H12N4/c1-2-6-11(7-3-1)10-14-13-15-12-8-4-5-9-17(12)16-13/h1-9H,10H2,(H,14,16). The van der Waals surface area contributed by atoms with E-state index < -0.39 is 0 Å². The number of benzene rings is 1. The van der Waals surface area contributed by atoms with Crippen LogP contribution in [0, 0.1) is 0 Å². The third-order valence-corrected chi connectivity index (χ3v) is 2.53. The van der Waals surface area contributed by atoms with Crippen molar-refractivity contribution in [1.29, 1.82) is 0 Å². The third-order valence-electron chi connectivity index (χ3n) is 2.53. The van der Waals surface area contributed by atoms with E-state index in [1.807, 2.05) is 42.6 Å². The summed E-state index contributed by atoms with van der Waals surface area (Å²) in [5.41, 5.74) is 2.06. The number of aromatic nitrogens is 3. The maximum Gasteiger partial charge on any atom is 0.243 e. The lowest BCUT2D eigenvalue weighted by Crippen LogP contribution is -2.00. The molecule has 2 aromatic heterocycles. The quantitative estimate of drug-likeness (QED) is 0.742. The Balaban J connectivity index is 1.77. The molecule has 3 aromatic rings. The maximum atomic E-state index is 4.37. The number of fused-ring (bicyclic) bond motifs is 1. The number of nitrogens with zero attached hydrogens (tertiary/aromatic N) is 3. The highest BCUT2D eigenvalue weighted by Gasteiger charge is 2.01. The van der Waals surface area contributed by atoms with Crippen molar-refractivity contribution in [2.75, 3.05) is 5.32 Å². The first kappa shape index (κ1) is 9.84. The summed E-state index contributed by atoms with van der Waals surface area (Å²) in [7, 11) is 0. The molecule has 84 valence electrons. The molecule has 0 aliphatic rings. The van der Waals surface area contributed by atoms with Crippen LogP contribution in [-0.4, -0.2) is 14.6 Å². The minimum Gasteiger partial charge on any atom is -0.349 e. The summed E-state index contributed by atoms with van der Waals surface area (Å²) < 4.78 is 1.76. The zero-order chi connectivity index (χ0) is 11.5. The lowest BCUT2D eigenvalue weighted by molar-refractivity contribution is 0.950. The second kappa shape index (κ2) is 4.25. The summed E-state index contributed by atoms with van der Waals surface area (Å²) in [5, 5.41) is 7.53. The van der Waals surface area contributed by atoms with Crippen molar-refractivity contribution < 1.29 is 0 Å². The number of hydrogen-bond acceptors (Lipinski definition) is 3. The van der Waals surface area contributed by atoms with E-state index in [-0.39, 0.29) is 0 Å². The molecule has 0 bridgehead atoms. The first-order valence-electron chi connectivity index (χ1n) is 5.51. The zero-order valence-corrected chi connectivity index (χ0v) is 9.24. The van der Waals surface area contributed by atoms with E-state index >= 15 is 0 Å². The van der Waals surface area contributed by atoms with Crippen LogP contribution < -0.4 is 5.32 Å². The van der Waals surface area contributed by atoms with Gasteiger partial charge in [0, 0.05) is 12.7 Å². The number of rotatable bonds is 3. The van der Waals surface area contributed by atoms with E-state index in [9.17, 15) is 0 Å². The van der Waals surface area contributed by atoms with Gasteiger partial charge in [-0.3, -0.25) is 0 Å². The van der Waals surface area contributed by atoms with Crippen molar-refractivity contribution >= 4 is 11.6 Å². The molecule has 0 atom stereocenters. The third kappa shape index (κ3) is 2.10. The Morgan fingerprint density at radius 1 is 1.00 bits per heavy atom. The number of nitrogens with one attached hydrogen (secondary N) is 1. The molecule has 4 nitrogen and oxygen atoms in total. The molecule has 0 saturated carbocycles. The minimum absolute atomic E-state index is 0.653. The van der Waals surface area contributed by atoms with Crippen LogP contribution in [0.3, 0.4) is 0 Å². The maximum absolute atomic E-state index is 4.37. The topological polar surface area (TPSA) is 42.2 Å². The molecular formula is C13H12N4. The van der Waals surface area contributed by atoms with E-state index in [0.29, 0.717) is 5.95 Å². The molecule has 1 aromatic carbocycles. The normalized spacial score (nSPS) is 10.6. The van der Waals surface area contributed by atoms with Gasteiger partial charge in [0.25, 0.3) is 0 Å². The van der Waals surface area contributed by atoms with Crippen molar-refractivity contribution in [2.24, 2.45) is 0 Å². The fourth-order valence-corrected chi connectivity index (χ4v) is 1.68. The Kier molecular flexibility index (Phi) is 2.46. The van der Waals surface area contributed by atoms with Crippen LogP contribution in [0.1, 0.15) is 5.56 Å². The Hall–Kier alpha value is -2.36. The first-order valence-corrected chi connectivity index (χ1v) is 5.51. The van der Waals surface area contributed by atoms with Crippen molar-refractivity contribution in [1.82, 2.24) is 14.6 Å². The fraction of sp³-hybridized carbons (Fsp3) is 0.0769. The molecule has 1 N–H and O–H groups in total. The van der Waals surface area contributed by atoms with E-state index in [4.69, 9.17) is 0 Å². The minimum atomic E-state index is 0.653. The van der Waals surface area contributed by atoms with E-state index in [1.54, 1.807) is 4.52 Å². The van der Waals surface area contributed by atoms with E-state index in [1.165, 1.54) is 5.56 Å². The molecule has 17 heavy (non-hydrogen) atoms. The molecule has 4 heteroatoms. The van der Waals surface area contributed by atoms with Crippen molar-refractivity contribution in [2.45, 2.75) is 6.54 Å². The van der Waals surface area contributed by atoms with Gasteiger partial charge < -0.3 is 5.32 Å². The van der Waals surface area contributed by atoms with Crippen LogP contribution in [-0.2, 0) is 6.54 Å². The molecule has 0 radical (unpaired) electrons. The van der Waals surface area contributed by atoms with Crippen molar-refractivity contribution in [3.8, 4) is 0 Å². The highest BCUT2D eigenvalue weighted by molar-refractivity contribution is 5.43. The molecule has 0 aliphatic carbocycles. The first-order chi connectivity index (χ1) is 8.42. The number of hydrogen-bond donors (Lipinski definition) is 1. The summed E-state index contributed by atoms with van der Waals surface area (Å²) in [6.45, 7) is 0.734. The lowest BCUT2D eigenvalue weighted by Gasteiger charge is -2.00. The van der Waals surface area contributed by atoms with Gasteiger partial charge >= 0.3 is 0 Å². The smallest absolute Gasteiger partial charge is 0.243 e. The molecule has 0 fully saturated rings. The number of pyridine rings is 1. The Morgan fingerprint density at radius 2 is 1.82 bits per heavy atom. The summed E-state index contributed by atoms with van der Waals surface area (Å²) in [6, 6.07) is 16.0. The van der Waals surface area contributed by atoms with Gasteiger partial charge in [0.1, 0.15) is 0 Å². The molecule has 0 saturated heterocycles. The second-order valence-electron chi connectivity index (χ2n) is 3.78. The highest BCUT2D eigenvalue weighted by Crippen LogP contribution is 2.06. The summed E-state index contributed by atoms with van der Waals surface area (Å²) in [4.78, 5) is 4.37. The summed E-state index contributed by atoms with van der Waals surface area (Å²) in [5.74, 6) is 0.653. The van der Waals surface area contributed by atoms with Crippen LogP contribution in [0.15, 0.2) is 54.7 Å². The van der Waals surface area contributed by atoms with Gasteiger partial charge in [-0.15, -0.1) is 5.10 Å². The van der Waals surface area contributed by atoms with Gasteiger partial charge in [0.05, 0.1) is 0 Å². The van der Waals surface area contributed by atoms with Crippen molar-refractivity contribution in [3.05, 3.63) is 60.3 Å². The van der Waals surface area contributed by atoms with Crippen LogP contribution in [0.2, 0.25) is 0 Å². The van der Waals surface area contributed by atoms with E-state index in [2.05, 4.69) is 27.5 Å². The van der Waals surface area contributed by atoms with Gasteiger partial charge in [-0.1, -0.05) is 36.4 Å². The van der Waals surface area contributed by atoms with Crippen LogP contribution >= 0.6 is 0 Å². The molecule has 0 amide bonds. The SMILES string of the molecule is c1ccc(CNc2nc3ccccn3n2)cc1. The Labute approximate surface area is 98.9 Å². The highest BCUT2D eigenvalue weighted by atomic mass is 15.3. The Bertz CT molecular complexity index is 582.